The third-order valence-electron chi connectivity index (χ3n) is 5.14. The topological polar surface area (TPSA) is 22.4 Å². The van der Waals surface area contributed by atoms with Gasteiger partial charge in [0.25, 0.3) is 0 Å². The maximum Gasteiger partial charge on any atom is 0.113 e. The molecule has 2 heteroatoms. The summed E-state index contributed by atoms with van der Waals surface area (Å²) in [6.07, 6.45) is 4.79. The molecule has 1 aliphatic heterocycles. The molecule has 1 saturated heterocycles. The fraction of sp³-hybridized carbons (Fsp3) is 0.789. The third-order valence-corrected chi connectivity index (χ3v) is 5.14. The van der Waals surface area contributed by atoms with Crippen molar-refractivity contribution in [2.24, 2.45) is 5.41 Å². The zero-order valence-corrected chi connectivity index (χ0v) is 14.6. The van der Waals surface area contributed by atoms with E-state index in [1.54, 1.807) is 0 Å². The van der Waals surface area contributed by atoms with E-state index in [0.717, 1.165) is 13.2 Å². The van der Waals surface area contributed by atoms with Crippen molar-refractivity contribution >= 4 is 0 Å². The van der Waals surface area contributed by atoms with Crippen LogP contribution in [0.25, 0.3) is 0 Å². The Balaban J connectivity index is 2.07. The van der Waals surface area contributed by atoms with Crippen LogP contribution >= 0.6 is 0 Å². The van der Waals surface area contributed by atoms with Crippen molar-refractivity contribution in [3.05, 3.63) is 22.6 Å². The maximum absolute atomic E-state index is 6.42. The number of hydrogen-bond donors (Lipinski definition) is 0. The first-order valence-corrected chi connectivity index (χ1v) is 8.36. The number of ether oxygens (including phenoxy) is 1. The van der Waals surface area contributed by atoms with E-state index in [1.165, 1.54) is 48.3 Å². The zero-order valence-electron chi connectivity index (χ0n) is 14.6. The highest BCUT2D eigenvalue weighted by Gasteiger charge is 2.45. The minimum atomic E-state index is 0.0876. The Kier molecular flexibility index (Phi) is 3.33. The van der Waals surface area contributed by atoms with Gasteiger partial charge in [0.2, 0.25) is 0 Å². The van der Waals surface area contributed by atoms with Crippen molar-refractivity contribution < 1.29 is 9.15 Å². The predicted octanol–water partition coefficient (Wildman–Crippen LogP) is 4.77. The van der Waals surface area contributed by atoms with E-state index in [0.29, 0.717) is 5.41 Å². The zero-order chi connectivity index (χ0) is 15.5. The van der Waals surface area contributed by atoms with Gasteiger partial charge in [0.15, 0.2) is 0 Å². The van der Waals surface area contributed by atoms with Crippen LogP contribution in [0.5, 0.6) is 0 Å². The normalized spacial score (nSPS) is 21.8. The van der Waals surface area contributed by atoms with E-state index in [-0.39, 0.29) is 10.8 Å². The molecule has 2 aliphatic rings. The summed E-state index contributed by atoms with van der Waals surface area (Å²) in [5, 5.41) is 0. The molecular weight excluding hydrogens is 260 g/mol. The molecule has 21 heavy (non-hydrogen) atoms. The van der Waals surface area contributed by atoms with Gasteiger partial charge in [0.1, 0.15) is 11.5 Å². The van der Waals surface area contributed by atoms with Crippen molar-refractivity contribution in [2.45, 2.75) is 78.1 Å². The summed E-state index contributed by atoms with van der Waals surface area (Å²) in [4.78, 5) is 0. The fourth-order valence-electron chi connectivity index (χ4n) is 4.06. The first-order chi connectivity index (χ1) is 9.62. The van der Waals surface area contributed by atoms with E-state index in [1.807, 2.05) is 0 Å². The smallest absolute Gasteiger partial charge is 0.113 e. The van der Waals surface area contributed by atoms with Crippen molar-refractivity contribution in [2.75, 3.05) is 13.2 Å². The summed E-state index contributed by atoms with van der Waals surface area (Å²) in [6, 6.07) is 0. The SMILES string of the molecule is CC(C)(C)c1oc(C(C)(C)C)c2c1CC1(CCOCC1)C2. The van der Waals surface area contributed by atoms with Crippen molar-refractivity contribution in [3.63, 3.8) is 0 Å². The van der Waals surface area contributed by atoms with Gasteiger partial charge in [0, 0.05) is 24.0 Å². The Morgan fingerprint density at radius 3 is 1.57 bits per heavy atom. The molecule has 0 radical (unpaired) electrons. The minimum Gasteiger partial charge on any atom is -0.464 e. The second-order valence-corrected chi connectivity index (χ2v) is 9.18. The lowest BCUT2D eigenvalue weighted by Crippen LogP contribution is -2.31. The van der Waals surface area contributed by atoms with Crippen LogP contribution in [0.4, 0.5) is 0 Å². The molecule has 0 atom stereocenters. The molecule has 0 N–H and O–H groups in total. The molecule has 1 fully saturated rings. The summed E-state index contributed by atoms with van der Waals surface area (Å²) in [5.74, 6) is 2.46. The molecule has 0 unspecified atom stereocenters. The number of hydrogen-bond acceptors (Lipinski definition) is 2. The van der Waals surface area contributed by atoms with E-state index in [9.17, 15) is 0 Å². The number of fused-ring (bicyclic) bond motifs is 1. The molecule has 2 heterocycles. The summed E-state index contributed by atoms with van der Waals surface area (Å²) in [6.45, 7) is 15.5. The van der Waals surface area contributed by atoms with Gasteiger partial charge >= 0.3 is 0 Å². The highest BCUT2D eigenvalue weighted by Crippen LogP contribution is 2.51. The number of rotatable bonds is 0. The van der Waals surface area contributed by atoms with Crippen LogP contribution in [-0.2, 0) is 28.4 Å². The van der Waals surface area contributed by atoms with E-state index < -0.39 is 0 Å². The van der Waals surface area contributed by atoms with Crippen molar-refractivity contribution in [3.8, 4) is 0 Å². The first kappa shape index (κ1) is 15.1. The van der Waals surface area contributed by atoms with E-state index in [4.69, 9.17) is 9.15 Å². The van der Waals surface area contributed by atoms with Crippen LogP contribution in [0.1, 0.15) is 77.0 Å². The molecule has 1 aromatic heterocycles. The Morgan fingerprint density at radius 1 is 0.762 bits per heavy atom. The second kappa shape index (κ2) is 4.62. The Bertz CT molecular complexity index is 491. The summed E-state index contributed by atoms with van der Waals surface area (Å²) < 4.78 is 12.0. The largest absolute Gasteiger partial charge is 0.464 e. The molecule has 2 nitrogen and oxygen atoms in total. The minimum absolute atomic E-state index is 0.0876. The van der Waals surface area contributed by atoms with Crippen molar-refractivity contribution in [1.29, 1.82) is 0 Å². The lowest BCUT2D eigenvalue weighted by atomic mass is 9.76. The van der Waals surface area contributed by atoms with Gasteiger partial charge in [-0.1, -0.05) is 41.5 Å². The van der Waals surface area contributed by atoms with Crippen LogP contribution < -0.4 is 0 Å². The van der Waals surface area contributed by atoms with Crippen LogP contribution in [0.15, 0.2) is 4.42 Å². The second-order valence-electron chi connectivity index (χ2n) is 9.18. The van der Waals surface area contributed by atoms with E-state index in [2.05, 4.69) is 41.5 Å². The van der Waals surface area contributed by atoms with Gasteiger partial charge in [-0.05, 0) is 42.2 Å². The van der Waals surface area contributed by atoms with Crippen LogP contribution in [0.3, 0.4) is 0 Å². The standard InChI is InChI=1S/C19H30O2/c1-17(2,3)15-13-11-19(7-9-20-10-8-19)12-14(13)16(21-15)18(4,5)6/h7-12H2,1-6H3. The molecule has 118 valence electrons. The molecule has 0 amide bonds. The molecule has 1 aliphatic carbocycles. The number of furan rings is 1. The fourth-order valence-corrected chi connectivity index (χ4v) is 4.06. The van der Waals surface area contributed by atoms with Gasteiger partial charge in [-0.15, -0.1) is 0 Å². The highest BCUT2D eigenvalue weighted by molar-refractivity contribution is 5.44. The average molecular weight is 290 g/mol. The summed E-state index contributed by atoms with van der Waals surface area (Å²) in [5.41, 5.74) is 3.66. The van der Waals surface area contributed by atoms with Gasteiger partial charge < -0.3 is 9.15 Å². The Labute approximate surface area is 129 Å². The lowest BCUT2D eigenvalue weighted by molar-refractivity contribution is 0.0190. The van der Waals surface area contributed by atoms with Crippen LogP contribution in [0.2, 0.25) is 0 Å². The van der Waals surface area contributed by atoms with Gasteiger partial charge in [-0.25, -0.2) is 0 Å². The van der Waals surface area contributed by atoms with Crippen LogP contribution in [-0.4, -0.2) is 13.2 Å². The molecule has 0 bridgehead atoms. The first-order valence-electron chi connectivity index (χ1n) is 8.36. The predicted molar refractivity (Wildman–Crippen MR) is 86.0 cm³/mol. The lowest BCUT2D eigenvalue weighted by Gasteiger charge is -2.34. The van der Waals surface area contributed by atoms with Gasteiger partial charge in [0.05, 0.1) is 0 Å². The van der Waals surface area contributed by atoms with Gasteiger partial charge in [-0.2, -0.15) is 0 Å². The molecule has 0 aromatic carbocycles. The van der Waals surface area contributed by atoms with Gasteiger partial charge in [-0.3, -0.25) is 0 Å². The molecule has 1 aromatic rings. The molecule has 3 rings (SSSR count). The van der Waals surface area contributed by atoms with Crippen molar-refractivity contribution in [1.82, 2.24) is 0 Å². The monoisotopic (exact) mass is 290 g/mol. The molecule has 0 saturated carbocycles. The molecule has 1 spiro atoms. The summed E-state index contributed by atoms with van der Waals surface area (Å²) >= 11 is 0. The quantitative estimate of drug-likeness (QED) is 0.686. The molecular formula is C19H30O2. The summed E-state index contributed by atoms with van der Waals surface area (Å²) in [7, 11) is 0. The highest BCUT2D eigenvalue weighted by atomic mass is 16.5. The Morgan fingerprint density at radius 2 is 1.19 bits per heavy atom. The average Bonchev–Trinajstić information content (AvgIpc) is 2.82. The Hall–Kier alpha value is -0.760. The maximum atomic E-state index is 6.42. The van der Waals surface area contributed by atoms with E-state index >= 15 is 0 Å². The third kappa shape index (κ3) is 2.56. The van der Waals surface area contributed by atoms with Crippen LogP contribution in [0, 0.1) is 5.41 Å².